The Morgan fingerprint density at radius 1 is 1.17 bits per heavy atom. The van der Waals surface area contributed by atoms with E-state index < -0.39 is 0 Å². The molecule has 0 spiro atoms. The number of hydrogen-bond acceptors (Lipinski definition) is 6. The molecule has 5 rings (SSSR count). The second kappa shape index (κ2) is 8.00. The van der Waals surface area contributed by atoms with Crippen LogP contribution in [-0.2, 0) is 0 Å². The number of hydrogen-bond donors (Lipinski definition) is 1. The van der Waals surface area contributed by atoms with Crippen molar-refractivity contribution in [3.8, 4) is 22.1 Å². The van der Waals surface area contributed by atoms with Gasteiger partial charge in [-0.05, 0) is 44.5 Å². The summed E-state index contributed by atoms with van der Waals surface area (Å²) < 4.78 is 11.8. The molecule has 1 aromatic carbocycles. The van der Waals surface area contributed by atoms with Crippen LogP contribution in [0.15, 0.2) is 36.1 Å². The minimum absolute atomic E-state index is 0.687. The first-order valence-corrected chi connectivity index (χ1v) is 10.9. The lowest BCUT2D eigenvalue weighted by atomic mass is 10.1. The van der Waals surface area contributed by atoms with Crippen molar-refractivity contribution in [2.24, 2.45) is 0 Å². The fraction of sp³-hybridized carbons (Fsp3) is 0.364. The number of pyridine rings is 1. The number of methoxy groups -OCH3 is 1. The fourth-order valence-corrected chi connectivity index (χ4v) is 4.75. The van der Waals surface area contributed by atoms with Crippen LogP contribution in [0.3, 0.4) is 0 Å². The van der Waals surface area contributed by atoms with E-state index >= 15 is 0 Å². The highest BCUT2D eigenvalue weighted by Gasteiger charge is 2.16. The summed E-state index contributed by atoms with van der Waals surface area (Å²) in [5, 5.41) is 2.17. The van der Waals surface area contributed by atoms with Gasteiger partial charge < -0.3 is 19.4 Å². The number of rotatable bonds is 7. The highest BCUT2D eigenvalue weighted by Crippen LogP contribution is 2.39. The molecule has 0 unspecified atom stereocenters. The molecule has 0 atom stereocenters. The number of nitrogens with one attached hydrogen (secondary N) is 1. The molecule has 29 heavy (non-hydrogen) atoms. The molecule has 150 valence electrons. The first-order chi connectivity index (χ1) is 14.3. The number of thiazole rings is 1. The molecule has 1 aliphatic heterocycles. The molecular weight excluding hydrogens is 384 g/mol. The number of nitrogens with zero attached hydrogens (tertiary/aromatic N) is 3. The summed E-state index contributed by atoms with van der Waals surface area (Å²) >= 11 is 1.59. The van der Waals surface area contributed by atoms with Crippen LogP contribution in [0.1, 0.15) is 19.3 Å². The number of ether oxygens (including phenoxy) is 2. The summed E-state index contributed by atoms with van der Waals surface area (Å²) in [6, 6.07) is 6.10. The molecule has 1 fully saturated rings. The van der Waals surface area contributed by atoms with Crippen LogP contribution in [0, 0.1) is 0 Å². The van der Waals surface area contributed by atoms with E-state index in [4.69, 9.17) is 9.47 Å². The van der Waals surface area contributed by atoms with Gasteiger partial charge in [0.2, 0.25) is 0 Å². The highest BCUT2D eigenvalue weighted by molar-refractivity contribution is 7.13. The Kier molecular flexibility index (Phi) is 5.08. The van der Waals surface area contributed by atoms with Gasteiger partial charge in [-0.2, -0.15) is 0 Å². The maximum atomic E-state index is 6.10. The molecular formula is C22H24N4O2S. The van der Waals surface area contributed by atoms with Crippen molar-refractivity contribution in [2.75, 3.05) is 33.4 Å². The molecule has 4 aromatic rings. The number of benzene rings is 1. The van der Waals surface area contributed by atoms with Crippen molar-refractivity contribution in [3.05, 3.63) is 36.1 Å². The van der Waals surface area contributed by atoms with Gasteiger partial charge in [-0.15, -0.1) is 11.3 Å². The van der Waals surface area contributed by atoms with E-state index in [1.165, 1.54) is 25.9 Å². The summed E-state index contributed by atoms with van der Waals surface area (Å²) in [6.07, 6.45) is 7.36. The monoisotopic (exact) mass is 408 g/mol. The van der Waals surface area contributed by atoms with E-state index in [-0.39, 0.29) is 0 Å². The predicted octanol–water partition coefficient (Wildman–Crippen LogP) is 4.71. The SMILES string of the molecule is COc1cc2c(cc1OCCCN1CCCC1)[nH]c1ccnc(-c3cncs3)c12. The molecule has 0 aliphatic carbocycles. The van der Waals surface area contributed by atoms with Gasteiger partial charge in [-0.3, -0.25) is 9.97 Å². The minimum atomic E-state index is 0.687. The molecule has 7 heteroatoms. The lowest BCUT2D eigenvalue weighted by Gasteiger charge is -2.15. The number of aromatic nitrogens is 3. The average molecular weight is 409 g/mol. The number of aromatic amines is 1. The molecule has 1 saturated heterocycles. The zero-order valence-corrected chi connectivity index (χ0v) is 17.3. The molecule has 0 radical (unpaired) electrons. The van der Waals surface area contributed by atoms with Crippen LogP contribution in [-0.4, -0.2) is 53.2 Å². The van der Waals surface area contributed by atoms with Crippen LogP contribution < -0.4 is 9.47 Å². The topological polar surface area (TPSA) is 63.3 Å². The Morgan fingerprint density at radius 3 is 2.86 bits per heavy atom. The molecule has 1 aliphatic rings. The van der Waals surface area contributed by atoms with Gasteiger partial charge in [0.05, 0.1) is 40.8 Å². The number of H-pyrrole nitrogens is 1. The molecule has 3 aromatic heterocycles. The van der Waals surface area contributed by atoms with Crippen molar-refractivity contribution in [1.29, 1.82) is 0 Å². The maximum Gasteiger partial charge on any atom is 0.163 e. The number of likely N-dealkylation sites (tertiary alicyclic amines) is 1. The van der Waals surface area contributed by atoms with Gasteiger partial charge in [0.1, 0.15) is 0 Å². The normalized spacial score (nSPS) is 14.8. The van der Waals surface area contributed by atoms with Gasteiger partial charge in [-0.25, -0.2) is 0 Å². The van der Waals surface area contributed by atoms with E-state index in [0.717, 1.165) is 56.8 Å². The van der Waals surface area contributed by atoms with E-state index in [1.54, 1.807) is 18.4 Å². The van der Waals surface area contributed by atoms with Gasteiger partial charge >= 0.3 is 0 Å². The fourth-order valence-electron chi connectivity index (χ4n) is 4.12. The second-order valence-corrected chi connectivity index (χ2v) is 8.26. The molecule has 4 heterocycles. The van der Waals surface area contributed by atoms with Crippen molar-refractivity contribution >= 4 is 33.1 Å². The second-order valence-electron chi connectivity index (χ2n) is 7.37. The summed E-state index contributed by atoms with van der Waals surface area (Å²) in [4.78, 5) is 15.9. The van der Waals surface area contributed by atoms with E-state index in [0.29, 0.717) is 6.61 Å². The molecule has 0 bridgehead atoms. The summed E-state index contributed by atoms with van der Waals surface area (Å²) in [5.74, 6) is 1.53. The van der Waals surface area contributed by atoms with Crippen LogP contribution in [0.25, 0.3) is 32.4 Å². The lowest BCUT2D eigenvalue weighted by Crippen LogP contribution is -2.21. The first-order valence-electron chi connectivity index (χ1n) is 10.1. The molecule has 1 N–H and O–H groups in total. The van der Waals surface area contributed by atoms with E-state index in [9.17, 15) is 0 Å². The van der Waals surface area contributed by atoms with Crippen molar-refractivity contribution < 1.29 is 9.47 Å². The van der Waals surface area contributed by atoms with Crippen molar-refractivity contribution in [2.45, 2.75) is 19.3 Å². The van der Waals surface area contributed by atoms with Gasteiger partial charge in [-0.1, -0.05) is 0 Å². The largest absolute Gasteiger partial charge is 0.493 e. The summed E-state index contributed by atoms with van der Waals surface area (Å²) in [6.45, 7) is 4.23. The smallest absolute Gasteiger partial charge is 0.163 e. The summed E-state index contributed by atoms with van der Waals surface area (Å²) in [7, 11) is 1.69. The third-order valence-corrected chi connectivity index (χ3v) is 6.31. The maximum absolute atomic E-state index is 6.10. The van der Waals surface area contributed by atoms with E-state index in [1.807, 2.05) is 30.0 Å². The highest BCUT2D eigenvalue weighted by atomic mass is 32.1. The lowest BCUT2D eigenvalue weighted by molar-refractivity contribution is 0.254. The van der Waals surface area contributed by atoms with Crippen LogP contribution >= 0.6 is 11.3 Å². The van der Waals surface area contributed by atoms with E-state index in [2.05, 4.69) is 25.9 Å². The van der Waals surface area contributed by atoms with Crippen LogP contribution in [0.4, 0.5) is 0 Å². The Bertz CT molecular complexity index is 1120. The van der Waals surface area contributed by atoms with Crippen LogP contribution in [0.2, 0.25) is 0 Å². The Balaban J connectivity index is 1.45. The Hall–Kier alpha value is -2.64. The van der Waals surface area contributed by atoms with Gasteiger partial charge in [0.15, 0.2) is 11.5 Å². The van der Waals surface area contributed by atoms with Crippen molar-refractivity contribution in [3.63, 3.8) is 0 Å². The average Bonchev–Trinajstić information content (AvgIpc) is 3.51. The Morgan fingerprint density at radius 2 is 2.07 bits per heavy atom. The zero-order chi connectivity index (χ0) is 19.6. The van der Waals surface area contributed by atoms with Gasteiger partial charge in [0.25, 0.3) is 0 Å². The standard InChI is InChI=1S/C22H24N4O2S/c1-27-18-11-15-17(12-19(18)28-10-4-9-26-7-2-3-8-26)25-16-5-6-24-22(21(15)16)20-13-23-14-29-20/h5-6,11-14,25H,2-4,7-10H2,1H3. The zero-order valence-electron chi connectivity index (χ0n) is 16.5. The predicted molar refractivity (Wildman–Crippen MR) is 117 cm³/mol. The van der Waals surface area contributed by atoms with Gasteiger partial charge in [0, 0.05) is 35.8 Å². The first kappa shape index (κ1) is 18.4. The molecule has 6 nitrogen and oxygen atoms in total. The third-order valence-electron chi connectivity index (χ3n) is 5.53. The third kappa shape index (κ3) is 3.56. The molecule has 0 saturated carbocycles. The quantitative estimate of drug-likeness (QED) is 0.449. The minimum Gasteiger partial charge on any atom is -0.493 e. The number of fused-ring (bicyclic) bond motifs is 3. The summed E-state index contributed by atoms with van der Waals surface area (Å²) in [5.41, 5.74) is 4.85. The molecule has 0 amide bonds. The van der Waals surface area contributed by atoms with Crippen LogP contribution in [0.5, 0.6) is 11.5 Å². The van der Waals surface area contributed by atoms with Crippen molar-refractivity contribution in [1.82, 2.24) is 19.9 Å². The Labute approximate surface area is 173 Å².